The fraction of sp³-hybridized carbons (Fsp3) is 0.800. The van der Waals surface area contributed by atoms with Gasteiger partial charge in [-0.1, -0.05) is 38.3 Å². The van der Waals surface area contributed by atoms with Gasteiger partial charge in [-0.05, 0) is 24.6 Å². The van der Waals surface area contributed by atoms with Gasteiger partial charge in [0.15, 0.2) is 0 Å². The van der Waals surface area contributed by atoms with Gasteiger partial charge >= 0.3 is 5.54 Å². The van der Waals surface area contributed by atoms with Crippen molar-refractivity contribution in [2.24, 2.45) is 5.92 Å². The number of halogens is 2. The molecule has 0 unspecified atom stereocenters. The molecule has 0 N–H and O–H groups in total. The van der Waals surface area contributed by atoms with Gasteiger partial charge in [-0.2, -0.15) is 22.9 Å². The monoisotopic (exact) mass is 218 g/mol. The van der Waals surface area contributed by atoms with E-state index in [0.29, 0.717) is 11.7 Å². The zero-order valence-electron chi connectivity index (χ0n) is 8.18. The molecule has 3 heteroatoms. The lowest BCUT2D eigenvalue weighted by Crippen LogP contribution is -2.20. The fourth-order valence-corrected chi connectivity index (χ4v) is 2.62. The molecule has 0 saturated heterocycles. The van der Waals surface area contributed by atoms with Crippen molar-refractivity contribution < 1.29 is 0 Å². The maximum absolute atomic E-state index is 5.96. The van der Waals surface area contributed by atoms with Crippen LogP contribution in [0.25, 0.3) is 0 Å². The Labute approximate surface area is 91.6 Å². The number of allylic oxidation sites excluding steroid dienone is 2. The van der Waals surface area contributed by atoms with E-state index in [0.717, 1.165) is 6.42 Å². The quantitative estimate of drug-likeness (QED) is 0.483. The smallest absolute Gasteiger partial charge is 0.171 e. The molecule has 1 aliphatic rings. The first kappa shape index (κ1) is 11.5. The molecule has 0 radical (unpaired) electrons. The van der Waals surface area contributed by atoms with Gasteiger partial charge in [-0.15, -0.1) is 0 Å². The lowest BCUT2D eigenvalue weighted by molar-refractivity contribution is 0.428. The first-order valence-corrected chi connectivity index (χ1v) is 6.06. The molecule has 0 aromatic carbocycles. The van der Waals surface area contributed by atoms with Crippen molar-refractivity contribution >= 4 is 28.5 Å². The highest BCUT2D eigenvalue weighted by Gasteiger charge is 2.29. The predicted octanol–water partition coefficient (Wildman–Crippen LogP) is 4.48. The molecular formula is C10H17BCl2. The van der Waals surface area contributed by atoms with E-state index in [1.165, 1.54) is 25.7 Å². The molecule has 1 rings (SSSR count). The maximum atomic E-state index is 5.96. The topological polar surface area (TPSA) is 0 Å². The highest BCUT2D eigenvalue weighted by molar-refractivity contribution is 7.34. The summed E-state index contributed by atoms with van der Waals surface area (Å²) in [7, 11) is 0. The van der Waals surface area contributed by atoms with E-state index in [-0.39, 0.29) is 5.54 Å². The molecule has 0 aromatic rings. The Morgan fingerprint density at radius 1 is 1.31 bits per heavy atom. The second kappa shape index (κ2) is 5.98. The summed E-state index contributed by atoms with van der Waals surface area (Å²) in [5, 5.41) is 0. The third-order valence-corrected chi connectivity index (χ3v) is 3.52. The third kappa shape index (κ3) is 3.55. The molecular weight excluding hydrogens is 202 g/mol. The molecule has 0 aromatic heterocycles. The highest BCUT2D eigenvalue weighted by Crippen LogP contribution is 2.38. The van der Waals surface area contributed by atoms with E-state index in [1.807, 2.05) is 0 Å². The molecule has 0 amide bonds. The zero-order chi connectivity index (χ0) is 9.68. The van der Waals surface area contributed by atoms with E-state index >= 15 is 0 Å². The van der Waals surface area contributed by atoms with Crippen molar-refractivity contribution in [3.63, 3.8) is 0 Å². The van der Waals surface area contributed by atoms with Crippen LogP contribution in [0, 0.1) is 5.92 Å². The number of rotatable bonds is 4. The fourth-order valence-electron chi connectivity index (χ4n) is 2.00. The zero-order valence-corrected chi connectivity index (χ0v) is 9.69. The van der Waals surface area contributed by atoms with Crippen LogP contribution in [0.3, 0.4) is 0 Å². The van der Waals surface area contributed by atoms with Crippen LogP contribution < -0.4 is 0 Å². The molecule has 0 nitrogen and oxygen atoms in total. The van der Waals surface area contributed by atoms with Crippen LogP contribution >= 0.6 is 22.9 Å². The molecule has 0 bridgehead atoms. The van der Waals surface area contributed by atoms with Gasteiger partial charge in [0.2, 0.25) is 0 Å². The van der Waals surface area contributed by atoms with E-state index in [9.17, 15) is 0 Å². The molecule has 74 valence electrons. The van der Waals surface area contributed by atoms with E-state index in [1.54, 1.807) is 0 Å². The summed E-state index contributed by atoms with van der Waals surface area (Å²) in [6, 6.07) is 0. The van der Waals surface area contributed by atoms with Crippen LogP contribution in [0.5, 0.6) is 0 Å². The van der Waals surface area contributed by atoms with E-state index in [2.05, 4.69) is 19.1 Å². The van der Waals surface area contributed by atoms with Crippen LogP contribution in [0.1, 0.15) is 39.0 Å². The predicted molar refractivity (Wildman–Crippen MR) is 62.6 cm³/mol. The molecule has 0 saturated carbocycles. The average Bonchev–Trinajstić information content (AvgIpc) is 2.15. The van der Waals surface area contributed by atoms with Gasteiger partial charge in [0.25, 0.3) is 0 Å². The van der Waals surface area contributed by atoms with Gasteiger partial charge in [0, 0.05) is 0 Å². The molecule has 1 aliphatic carbocycles. The molecule has 0 aliphatic heterocycles. The molecule has 0 fully saturated rings. The van der Waals surface area contributed by atoms with Gasteiger partial charge in [-0.25, -0.2) is 0 Å². The Hall–Kier alpha value is 0.385. The van der Waals surface area contributed by atoms with Crippen LogP contribution in [-0.2, 0) is 0 Å². The van der Waals surface area contributed by atoms with Gasteiger partial charge in [0.1, 0.15) is 0 Å². The van der Waals surface area contributed by atoms with Crippen LogP contribution in [0.4, 0.5) is 0 Å². The van der Waals surface area contributed by atoms with Gasteiger partial charge < -0.3 is 0 Å². The van der Waals surface area contributed by atoms with Crippen molar-refractivity contribution in [3.05, 3.63) is 12.2 Å². The maximum Gasteiger partial charge on any atom is 0.355 e. The first-order chi connectivity index (χ1) is 6.25. The van der Waals surface area contributed by atoms with E-state index in [4.69, 9.17) is 22.9 Å². The SMILES string of the molecule is CCCC[C@@H]1CC=CC[C@H]1B(Cl)Cl. The minimum atomic E-state index is -0.188. The van der Waals surface area contributed by atoms with Crippen molar-refractivity contribution in [2.45, 2.75) is 44.8 Å². The third-order valence-electron chi connectivity index (χ3n) is 2.87. The minimum Gasteiger partial charge on any atom is -0.171 e. The summed E-state index contributed by atoms with van der Waals surface area (Å²) >= 11 is 11.9. The standard InChI is InChI=1S/C10H17BCl2/c1-2-3-6-9-7-4-5-8-10(9)11(12)13/h4-5,9-10H,2-3,6-8H2,1H3/t9-,10-/m1/s1. The average molecular weight is 219 g/mol. The number of hydrogen-bond donors (Lipinski definition) is 0. The van der Waals surface area contributed by atoms with Crippen LogP contribution in [-0.4, -0.2) is 5.54 Å². The Morgan fingerprint density at radius 3 is 2.62 bits per heavy atom. The summed E-state index contributed by atoms with van der Waals surface area (Å²) in [4.78, 5) is 0. The molecule has 2 atom stereocenters. The summed E-state index contributed by atoms with van der Waals surface area (Å²) < 4.78 is 0. The van der Waals surface area contributed by atoms with Crippen molar-refractivity contribution in [2.75, 3.05) is 0 Å². The first-order valence-electron chi connectivity index (χ1n) is 5.18. The Balaban J connectivity index is 2.43. The van der Waals surface area contributed by atoms with Crippen LogP contribution in [0.2, 0.25) is 5.82 Å². The Kier molecular flexibility index (Phi) is 5.27. The van der Waals surface area contributed by atoms with Crippen molar-refractivity contribution in [1.82, 2.24) is 0 Å². The lowest BCUT2D eigenvalue weighted by atomic mass is 9.67. The van der Waals surface area contributed by atoms with E-state index < -0.39 is 0 Å². The second-order valence-corrected chi connectivity index (χ2v) is 5.01. The normalized spacial score (nSPS) is 27.6. The second-order valence-electron chi connectivity index (χ2n) is 3.84. The number of unbranched alkanes of at least 4 members (excludes halogenated alkanes) is 1. The summed E-state index contributed by atoms with van der Waals surface area (Å²) in [6.07, 6.45) is 10.6. The van der Waals surface area contributed by atoms with Gasteiger partial charge in [-0.3, -0.25) is 0 Å². The molecule has 13 heavy (non-hydrogen) atoms. The lowest BCUT2D eigenvalue weighted by Gasteiger charge is -2.27. The van der Waals surface area contributed by atoms with Gasteiger partial charge in [0.05, 0.1) is 0 Å². The molecule has 0 spiro atoms. The Bertz CT molecular complexity index is 168. The van der Waals surface area contributed by atoms with Crippen molar-refractivity contribution in [1.29, 1.82) is 0 Å². The highest BCUT2D eigenvalue weighted by atomic mass is 35.5. The summed E-state index contributed by atoms with van der Waals surface area (Å²) in [5.41, 5.74) is -0.188. The Morgan fingerprint density at radius 2 is 2.00 bits per heavy atom. The number of hydrogen-bond acceptors (Lipinski definition) is 0. The molecule has 0 heterocycles. The minimum absolute atomic E-state index is 0.188. The largest absolute Gasteiger partial charge is 0.355 e. The summed E-state index contributed by atoms with van der Waals surface area (Å²) in [6.45, 7) is 2.23. The van der Waals surface area contributed by atoms with Crippen molar-refractivity contribution in [3.8, 4) is 0 Å². The van der Waals surface area contributed by atoms with Crippen LogP contribution in [0.15, 0.2) is 12.2 Å². The summed E-state index contributed by atoms with van der Waals surface area (Å²) in [5.74, 6) is 1.20.